The van der Waals surface area contributed by atoms with E-state index in [0.29, 0.717) is 11.6 Å². The number of rotatable bonds is 9. The first-order valence-electron chi connectivity index (χ1n) is 13.0. The highest BCUT2D eigenvalue weighted by Gasteiger charge is 2.33. The number of hydrogen-bond donors (Lipinski definition) is 1. The van der Waals surface area contributed by atoms with Gasteiger partial charge in [0.1, 0.15) is 5.78 Å². The first-order chi connectivity index (χ1) is 18.4. The second-order valence-electron chi connectivity index (χ2n) is 10.2. The summed E-state index contributed by atoms with van der Waals surface area (Å²) in [4.78, 5) is 33.8. The van der Waals surface area contributed by atoms with Gasteiger partial charge in [0.25, 0.3) is 0 Å². The Kier molecular flexibility index (Phi) is 7.18. The predicted molar refractivity (Wildman–Crippen MR) is 147 cm³/mol. The third-order valence-electron chi connectivity index (χ3n) is 7.59. The molecule has 0 saturated heterocycles. The van der Waals surface area contributed by atoms with Crippen molar-refractivity contribution < 1.29 is 14.3 Å². The average Bonchev–Trinajstić information content (AvgIpc) is 3.25. The number of carbonyl (C=O) groups is 2. The Bertz CT molecular complexity index is 1470. The summed E-state index contributed by atoms with van der Waals surface area (Å²) in [7, 11) is 1.39. The number of pyridine rings is 2. The monoisotopic (exact) mass is 508 g/mol. The molecule has 4 aromatic rings. The lowest BCUT2D eigenvalue weighted by Crippen LogP contribution is -2.26. The third-order valence-corrected chi connectivity index (χ3v) is 7.59. The normalized spacial score (nSPS) is 15.0. The lowest BCUT2D eigenvalue weighted by atomic mass is 9.78. The lowest BCUT2D eigenvalue weighted by Gasteiger charge is -2.35. The van der Waals surface area contributed by atoms with E-state index in [1.807, 2.05) is 48.7 Å². The van der Waals surface area contributed by atoms with Gasteiger partial charge in [0.05, 0.1) is 42.2 Å². The maximum atomic E-state index is 12.5. The van der Waals surface area contributed by atoms with Crippen LogP contribution in [-0.4, -0.2) is 39.1 Å². The standard InChI is InChI=1S/C31H32N4O3/c1-19(32)29(20(2)36)24-16-27-30(34-17-24)25(22-12-10-21(11-13-22)15-28(37)38-3)18-35(27)31(23-7-6-8-23)26-9-4-5-14-33-26/h4-5,9-14,16-18,23,29,31-32H,6-8,15H2,1-3H3. The first-order valence-corrected chi connectivity index (χ1v) is 13.0. The van der Waals surface area contributed by atoms with E-state index in [1.165, 1.54) is 20.5 Å². The van der Waals surface area contributed by atoms with Gasteiger partial charge in [-0.1, -0.05) is 36.8 Å². The molecule has 3 heterocycles. The van der Waals surface area contributed by atoms with Crippen molar-refractivity contribution in [2.45, 2.75) is 51.5 Å². The Morgan fingerprint density at radius 2 is 1.87 bits per heavy atom. The molecular formula is C31H32N4O3. The molecule has 0 radical (unpaired) electrons. The van der Waals surface area contributed by atoms with E-state index in [2.05, 4.69) is 16.8 Å². The van der Waals surface area contributed by atoms with Crippen molar-refractivity contribution in [2.24, 2.45) is 5.92 Å². The highest BCUT2D eigenvalue weighted by molar-refractivity contribution is 6.07. The number of fused-ring (bicyclic) bond motifs is 1. The van der Waals surface area contributed by atoms with Crippen molar-refractivity contribution in [3.05, 3.63) is 83.9 Å². The minimum atomic E-state index is -0.617. The van der Waals surface area contributed by atoms with E-state index >= 15 is 0 Å². The molecule has 1 aromatic carbocycles. The minimum absolute atomic E-state index is 0.0358. The number of ketones is 1. The number of carbonyl (C=O) groups excluding carboxylic acids is 2. The van der Waals surface area contributed by atoms with Crippen molar-refractivity contribution in [3.8, 4) is 11.1 Å². The SMILES string of the molecule is COC(=O)Cc1ccc(-c2cn(C(c3ccccn3)C3CCC3)c3cc(C(C(C)=N)C(C)=O)cnc23)cc1. The third kappa shape index (κ3) is 4.88. The van der Waals surface area contributed by atoms with Gasteiger partial charge in [0.15, 0.2) is 0 Å². The predicted octanol–water partition coefficient (Wildman–Crippen LogP) is 5.92. The molecule has 1 aliphatic rings. The number of hydrogen-bond acceptors (Lipinski definition) is 6. The molecule has 1 fully saturated rings. The van der Waals surface area contributed by atoms with Gasteiger partial charge in [-0.15, -0.1) is 0 Å². The van der Waals surface area contributed by atoms with E-state index in [-0.39, 0.29) is 24.2 Å². The summed E-state index contributed by atoms with van der Waals surface area (Å²) in [6, 6.07) is 16.0. The molecule has 1 aliphatic carbocycles. The number of methoxy groups -OCH3 is 1. The summed E-state index contributed by atoms with van der Waals surface area (Å²) >= 11 is 0. The van der Waals surface area contributed by atoms with Crippen LogP contribution in [0.2, 0.25) is 0 Å². The maximum absolute atomic E-state index is 12.5. The van der Waals surface area contributed by atoms with Gasteiger partial charge in [-0.2, -0.15) is 0 Å². The molecule has 2 atom stereocenters. The van der Waals surface area contributed by atoms with Gasteiger partial charge < -0.3 is 14.7 Å². The second kappa shape index (κ2) is 10.7. The van der Waals surface area contributed by atoms with Crippen molar-refractivity contribution >= 4 is 28.5 Å². The molecule has 0 aliphatic heterocycles. The number of esters is 1. The van der Waals surface area contributed by atoms with Gasteiger partial charge in [-0.25, -0.2) is 0 Å². The molecule has 1 saturated carbocycles. The fourth-order valence-electron chi connectivity index (χ4n) is 5.49. The zero-order chi connectivity index (χ0) is 26.8. The number of Topliss-reactive ketones (excluding diaryl/α,β-unsaturated/α-hetero) is 1. The van der Waals surface area contributed by atoms with Crippen molar-refractivity contribution in [1.29, 1.82) is 5.41 Å². The van der Waals surface area contributed by atoms with Crippen molar-refractivity contribution in [2.75, 3.05) is 7.11 Å². The van der Waals surface area contributed by atoms with Crippen LogP contribution in [0.15, 0.2) is 67.1 Å². The van der Waals surface area contributed by atoms with E-state index in [4.69, 9.17) is 20.1 Å². The number of nitrogens with one attached hydrogen (secondary N) is 1. The van der Waals surface area contributed by atoms with Gasteiger partial charge in [-0.05, 0) is 67.5 Å². The fraction of sp³-hybridized carbons (Fsp3) is 0.323. The average molecular weight is 509 g/mol. The molecular weight excluding hydrogens is 476 g/mol. The number of aromatic nitrogens is 3. The van der Waals surface area contributed by atoms with Crippen molar-refractivity contribution in [3.63, 3.8) is 0 Å². The Balaban J connectivity index is 1.68. The number of ether oxygens (including phenoxy) is 1. The Morgan fingerprint density at radius 1 is 1.11 bits per heavy atom. The van der Waals surface area contributed by atoms with Gasteiger partial charge in [-0.3, -0.25) is 19.6 Å². The maximum Gasteiger partial charge on any atom is 0.309 e. The Labute approximate surface area is 222 Å². The molecule has 0 spiro atoms. The Morgan fingerprint density at radius 3 is 2.45 bits per heavy atom. The molecule has 0 amide bonds. The largest absolute Gasteiger partial charge is 0.469 e. The highest BCUT2D eigenvalue weighted by atomic mass is 16.5. The molecule has 7 heteroatoms. The summed E-state index contributed by atoms with van der Waals surface area (Å²) < 4.78 is 7.07. The summed E-state index contributed by atoms with van der Waals surface area (Å²) in [6.45, 7) is 3.19. The summed E-state index contributed by atoms with van der Waals surface area (Å²) in [6.07, 6.45) is 9.38. The zero-order valence-corrected chi connectivity index (χ0v) is 22.0. The molecule has 7 nitrogen and oxygen atoms in total. The van der Waals surface area contributed by atoms with Crippen molar-refractivity contribution in [1.82, 2.24) is 14.5 Å². The van der Waals surface area contributed by atoms with Crippen LogP contribution in [0.3, 0.4) is 0 Å². The van der Waals surface area contributed by atoms with Gasteiger partial charge in [0.2, 0.25) is 0 Å². The van der Waals surface area contributed by atoms with Crippen LogP contribution in [0.25, 0.3) is 22.2 Å². The topological polar surface area (TPSA) is 97.9 Å². The van der Waals surface area contributed by atoms with E-state index in [0.717, 1.165) is 51.8 Å². The second-order valence-corrected chi connectivity index (χ2v) is 10.2. The molecule has 0 bridgehead atoms. The lowest BCUT2D eigenvalue weighted by molar-refractivity contribution is -0.139. The van der Waals surface area contributed by atoms with Gasteiger partial charge >= 0.3 is 5.97 Å². The molecule has 194 valence electrons. The summed E-state index contributed by atoms with van der Waals surface area (Å²) in [5.74, 6) is -0.511. The number of benzene rings is 1. The smallest absolute Gasteiger partial charge is 0.309 e. The quantitative estimate of drug-likeness (QED) is 0.224. The number of nitrogens with zero attached hydrogens (tertiary/aromatic N) is 3. The zero-order valence-electron chi connectivity index (χ0n) is 22.0. The summed E-state index contributed by atoms with van der Waals surface area (Å²) in [5.41, 5.74) is 6.64. The Hall–Kier alpha value is -4.13. The van der Waals surface area contributed by atoms with Crippen LogP contribution in [0.5, 0.6) is 0 Å². The van der Waals surface area contributed by atoms with Crippen LogP contribution < -0.4 is 0 Å². The highest BCUT2D eigenvalue weighted by Crippen LogP contribution is 2.43. The van der Waals surface area contributed by atoms with E-state index in [9.17, 15) is 9.59 Å². The van der Waals surface area contributed by atoms with E-state index < -0.39 is 5.92 Å². The van der Waals surface area contributed by atoms with Crippen LogP contribution >= 0.6 is 0 Å². The van der Waals surface area contributed by atoms with Crippen LogP contribution in [0, 0.1) is 11.3 Å². The molecule has 2 unspecified atom stereocenters. The minimum Gasteiger partial charge on any atom is -0.469 e. The van der Waals surface area contributed by atoms with Crippen LogP contribution in [0.4, 0.5) is 0 Å². The molecule has 5 rings (SSSR count). The molecule has 1 N–H and O–H groups in total. The van der Waals surface area contributed by atoms with Gasteiger partial charge in [0, 0.05) is 29.9 Å². The van der Waals surface area contributed by atoms with Crippen LogP contribution in [0.1, 0.15) is 61.9 Å². The molecule has 3 aromatic heterocycles. The van der Waals surface area contributed by atoms with E-state index in [1.54, 1.807) is 13.1 Å². The fourth-order valence-corrected chi connectivity index (χ4v) is 5.49. The van der Waals surface area contributed by atoms with Crippen LogP contribution in [-0.2, 0) is 20.7 Å². The summed E-state index contributed by atoms with van der Waals surface area (Å²) in [5, 5.41) is 8.23. The first kappa shape index (κ1) is 25.5. The molecule has 38 heavy (non-hydrogen) atoms.